The largest absolute Gasteiger partial charge is 0.481 e. The number of carbonyl (C=O) groups is 1. The van der Waals surface area contributed by atoms with Gasteiger partial charge in [0.1, 0.15) is 11.6 Å². The zero-order chi connectivity index (χ0) is 22.3. The smallest absolute Gasteiger partial charge is 0.330 e. The van der Waals surface area contributed by atoms with Crippen molar-refractivity contribution in [2.24, 2.45) is 0 Å². The number of hydrogen-bond donors (Lipinski definition) is 2. The van der Waals surface area contributed by atoms with E-state index in [2.05, 4.69) is 4.98 Å². The van der Waals surface area contributed by atoms with Crippen molar-refractivity contribution in [3.8, 4) is 11.8 Å². The molecule has 0 aliphatic carbocycles. The fraction of sp³-hybridized carbons (Fsp3) is 0.429. The Labute approximate surface area is 174 Å². The summed E-state index contributed by atoms with van der Waals surface area (Å²) in [5.74, 6) is -0.0736. The summed E-state index contributed by atoms with van der Waals surface area (Å²) in [5, 5.41) is 8.89. The number of H-pyrrole nitrogens is 1. The molecule has 3 N–H and O–H groups in total. The van der Waals surface area contributed by atoms with Crippen LogP contribution in [0.1, 0.15) is 45.6 Å². The molecule has 30 heavy (non-hydrogen) atoms. The van der Waals surface area contributed by atoms with E-state index in [1.807, 2.05) is 19.9 Å². The minimum Gasteiger partial charge on any atom is -0.481 e. The van der Waals surface area contributed by atoms with Gasteiger partial charge in [0.05, 0.1) is 11.6 Å². The van der Waals surface area contributed by atoms with Crippen LogP contribution in [-0.4, -0.2) is 28.1 Å². The van der Waals surface area contributed by atoms with Crippen LogP contribution in [0.15, 0.2) is 33.9 Å². The van der Waals surface area contributed by atoms with Gasteiger partial charge in [-0.1, -0.05) is 20.3 Å². The molecule has 0 aliphatic rings. The fourth-order valence-electron chi connectivity index (χ4n) is 3.01. The molecule has 0 fully saturated rings. The van der Waals surface area contributed by atoms with Crippen LogP contribution in [0.2, 0.25) is 0 Å². The molecule has 0 radical (unpaired) electrons. The molecule has 0 saturated carbocycles. The Morgan fingerprint density at radius 3 is 2.50 bits per heavy atom. The zero-order valence-electron chi connectivity index (χ0n) is 17.5. The highest BCUT2D eigenvalue weighted by Gasteiger charge is 2.28. The Bertz CT molecular complexity index is 1030. The molecular weight excluding hydrogens is 386 g/mol. The standard InChI is InChI=1S/C21H27N5O4/c1-4-6-12-25(17-18(23)26(11-5-2)21(29)24-19(17)27)20(28)14(3)30-16-9-7-15(13-22)8-10-16/h7-10,14H,4-6,11-12,23H2,1-3H3,(H,24,27,29)/t14-/m0/s1. The summed E-state index contributed by atoms with van der Waals surface area (Å²) in [6.07, 6.45) is 1.15. The molecule has 0 saturated heterocycles. The Morgan fingerprint density at radius 1 is 1.27 bits per heavy atom. The molecule has 0 unspecified atom stereocenters. The summed E-state index contributed by atoms with van der Waals surface area (Å²) in [4.78, 5) is 41.4. The maximum absolute atomic E-state index is 13.2. The maximum Gasteiger partial charge on any atom is 0.330 e. The highest BCUT2D eigenvalue weighted by molar-refractivity contribution is 5.98. The first-order valence-electron chi connectivity index (χ1n) is 9.94. The Balaban J connectivity index is 2.40. The molecule has 1 amide bonds. The number of anilines is 2. The number of aromatic nitrogens is 2. The lowest BCUT2D eigenvalue weighted by Crippen LogP contribution is -2.46. The quantitative estimate of drug-likeness (QED) is 0.646. The van der Waals surface area contributed by atoms with Crippen LogP contribution in [0.3, 0.4) is 0 Å². The number of aromatic amines is 1. The first kappa shape index (κ1) is 22.7. The van der Waals surface area contributed by atoms with E-state index < -0.39 is 23.3 Å². The van der Waals surface area contributed by atoms with E-state index in [9.17, 15) is 14.4 Å². The van der Waals surface area contributed by atoms with Gasteiger partial charge in [-0.15, -0.1) is 0 Å². The van der Waals surface area contributed by atoms with Crippen LogP contribution < -0.4 is 26.6 Å². The van der Waals surface area contributed by atoms with E-state index in [4.69, 9.17) is 15.7 Å². The van der Waals surface area contributed by atoms with Crippen molar-refractivity contribution in [1.82, 2.24) is 9.55 Å². The number of nitrogens with one attached hydrogen (secondary N) is 1. The van der Waals surface area contributed by atoms with Crippen molar-refractivity contribution < 1.29 is 9.53 Å². The Hall–Kier alpha value is -3.54. The van der Waals surface area contributed by atoms with Crippen molar-refractivity contribution in [1.29, 1.82) is 5.26 Å². The average Bonchev–Trinajstić information content (AvgIpc) is 2.73. The molecule has 1 aromatic carbocycles. The van der Waals surface area contributed by atoms with Crippen molar-refractivity contribution in [2.75, 3.05) is 17.2 Å². The second-order valence-electron chi connectivity index (χ2n) is 6.88. The first-order valence-corrected chi connectivity index (χ1v) is 9.94. The topological polar surface area (TPSA) is 134 Å². The lowest BCUT2D eigenvalue weighted by atomic mass is 10.2. The van der Waals surface area contributed by atoms with Gasteiger partial charge in [-0.25, -0.2) is 4.79 Å². The third-order valence-corrected chi connectivity index (χ3v) is 4.58. The van der Waals surface area contributed by atoms with Gasteiger partial charge in [0, 0.05) is 13.1 Å². The van der Waals surface area contributed by atoms with Gasteiger partial charge in [-0.05, 0) is 44.0 Å². The molecule has 2 aromatic rings. The summed E-state index contributed by atoms with van der Waals surface area (Å²) >= 11 is 0. The summed E-state index contributed by atoms with van der Waals surface area (Å²) < 4.78 is 6.98. The summed E-state index contributed by atoms with van der Waals surface area (Å²) in [6.45, 7) is 6.00. The van der Waals surface area contributed by atoms with Crippen LogP contribution in [0.4, 0.5) is 11.5 Å². The van der Waals surface area contributed by atoms with Crippen molar-refractivity contribution in [2.45, 2.75) is 52.7 Å². The number of nitrogens with two attached hydrogens (primary N) is 1. The molecular formula is C21H27N5O4. The monoisotopic (exact) mass is 413 g/mol. The second kappa shape index (κ2) is 10.3. The van der Waals surface area contributed by atoms with Gasteiger partial charge in [-0.3, -0.25) is 19.1 Å². The molecule has 0 aliphatic heterocycles. The molecule has 9 heteroatoms. The van der Waals surface area contributed by atoms with E-state index in [0.717, 1.165) is 6.42 Å². The molecule has 9 nitrogen and oxygen atoms in total. The highest BCUT2D eigenvalue weighted by Crippen LogP contribution is 2.21. The number of hydrogen-bond acceptors (Lipinski definition) is 6. The molecule has 0 bridgehead atoms. The number of benzene rings is 1. The van der Waals surface area contributed by atoms with E-state index in [1.54, 1.807) is 31.2 Å². The first-order chi connectivity index (χ1) is 14.3. The van der Waals surface area contributed by atoms with Gasteiger partial charge in [0.15, 0.2) is 11.8 Å². The predicted octanol–water partition coefficient (Wildman–Crippen LogP) is 2.00. The Kier molecular flexibility index (Phi) is 7.81. The number of unbranched alkanes of at least 4 members (excludes halogenated alkanes) is 1. The van der Waals surface area contributed by atoms with E-state index >= 15 is 0 Å². The second-order valence-corrected chi connectivity index (χ2v) is 6.88. The lowest BCUT2D eigenvalue weighted by molar-refractivity contribution is -0.124. The predicted molar refractivity (Wildman–Crippen MR) is 115 cm³/mol. The summed E-state index contributed by atoms with van der Waals surface area (Å²) in [7, 11) is 0. The summed E-state index contributed by atoms with van der Waals surface area (Å²) in [6, 6.07) is 8.39. The fourth-order valence-corrected chi connectivity index (χ4v) is 3.01. The van der Waals surface area contributed by atoms with Gasteiger partial charge in [-0.2, -0.15) is 5.26 Å². The summed E-state index contributed by atoms with van der Waals surface area (Å²) in [5.41, 5.74) is 5.26. The van der Waals surface area contributed by atoms with Crippen molar-refractivity contribution >= 4 is 17.4 Å². The number of amides is 1. The minimum atomic E-state index is -0.917. The van der Waals surface area contributed by atoms with Gasteiger partial charge in [0.2, 0.25) is 0 Å². The third-order valence-electron chi connectivity index (χ3n) is 4.58. The van der Waals surface area contributed by atoms with E-state index in [-0.39, 0.29) is 18.1 Å². The maximum atomic E-state index is 13.2. The van der Waals surface area contributed by atoms with E-state index in [1.165, 1.54) is 9.47 Å². The van der Waals surface area contributed by atoms with Crippen LogP contribution in [-0.2, 0) is 11.3 Å². The number of nitrogen functional groups attached to an aromatic ring is 1. The van der Waals surface area contributed by atoms with Crippen LogP contribution in [0.5, 0.6) is 5.75 Å². The molecule has 2 rings (SSSR count). The number of nitrogens with zero attached hydrogens (tertiary/aromatic N) is 3. The lowest BCUT2D eigenvalue weighted by Gasteiger charge is -2.27. The SMILES string of the molecule is CCCCN(C(=O)[C@H](C)Oc1ccc(C#N)cc1)c1c(N)n(CCC)c(=O)[nH]c1=O. The minimum absolute atomic E-state index is 0.0411. The molecule has 1 aromatic heterocycles. The van der Waals surface area contributed by atoms with Gasteiger partial charge in [0.25, 0.3) is 11.5 Å². The van der Waals surface area contributed by atoms with Crippen LogP contribution >= 0.6 is 0 Å². The molecule has 1 heterocycles. The normalized spacial score (nSPS) is 11.5. The molecule has 160 valence electrons. The number of ether oxygens (including phenoxy) is 1. The van der Waals surface area contributed by atoms with E-state index in [0.29, 0.717) is 30.7 Å². The molecule has 1 atom stereocenters. The highest BCUT2D eigenvalue weighted by atomic mass is 16.5. The van der Waals surface area contributed by atoms with Gasteiger partial charge >= 0.3 is 5.69 Å². The van der Waals surface area contributed by atoms with Crippen molar-refractivity contribution in [3.63, 3.8) is 0 Å². The van der Waals surface area contributed by atoms with Crippen molar-refractivity contribution in [3.05, 3.63) is 50.7 Å². The molecule has 0 spiro atoms. The third kappa shape index (κ3) is 5.08. The van der Waals surface area contributed by atoms with Gasteiger partial charge < -0.3 is 15.4 Å². The number of rotatable bonds is 9. The zero-order valence-corrected chi connectivity index (χ0v) is 17.5. The number of nitriles is 1. The van der Waals surface area contributed by atoms with Crippen LogP contribution in [0, 0.1) is 11.3 Å². The van der Waals surface area contributed by atoms with Crippen LogP contribution in [0.25, 0.3) is 0 Å². The number of carbonyl (C=O) groups excluding carboxylic acids is 1. The Morgan fingerprint density at radius 2 is 1.93 bits per heavy atom. The average molecular weight is 413 g/mol.